The van der Waals surface area contributed by atoms with Gasteiger partial charge in [0.2, 0.25) is 0 Å². The van der Waals surface area contributed by atoms with Crippen LogP contribution in [0.4, 0.5) is 0 Å². The van der Waals surface area contributed by atoms with Crippen molar-refractivity contribution < 1.29 is 0 Å². The average molecular weight is 717 g/mol. The smallest absolute Gasteiger partial charge is 0.0992 e. The highest BCUT2D eigenvalue weighted by Gasteiger charge is 2.20. The summed E-state index contributed by atoms with van der Waals surface area (Å²) in [6.45, 7) is 0. The Kier molecular flexibility index (Phi) is 6.82. The van der Waals surface area contributed by atoms with Gasteiger partial charge in [0.25, 0.3) is 0 Å². The number of fused-ring (bicyclic) bond motifs is 10. The number of para-hydroxylation sites is 3. The van der Waals surface area contributed by atoms with Crippen molar-refractivity contribution in [1.29, 1.82) is 10.5 Å². The molecule has 0 radical (unpaired) electrons. The van der Waals surface area contributed by atoms with Crippen LogP contribution in [0.25, 0.3) is 97.4 Å². The molecular weight excluding hydrogens is 689 g/mol. The number of nitriles is 2. The van der Waals surface area contributed by atoms with Gasteiger partial charge in [0.1, 0.15) is 0 Å². The molecule has 11 rings (SSSR count). The molecule has 8 aromatic carbocycles. The Morgan fingerprint density at radius 3 is 1.62 bits per heavy atom. The Bertz CT molecular complexity index is 3420. The van der Waals surface area contributed by atoms with Crippen molar-refractivity contribution in [2.75, 3.05) is 0 Å². The van der Waals surface area contributed by atoms with E-state index in [0.29, 0.717) is 11.1 Å². The number of benzene rings is 8. The fourth-order valence-corrected chi connectivity index (χ4v) is 9.79. The van der Waals surface area contributed by atoms with Crippen molar-refractivity contribution in [2.24, 2.45) is 0 Å². The van der Waals surface area contributed by atoms with Gasteiger partial charge in [0.15, 0.2) is 0 Å². The number of hydrogen-bond donors (Lipinski definition) is 0. The lowest BCUT2D eigenvalue weighted by molar-refractivity contribution is 1.13. The molecule has 0 N–H and O–H groups in total. The number of aromatic nitrogens is 2. The van der Waals surface area contributed by atoms with Gasteiger partial charge in [-0.15, -0.1) is 11.3 Å². The predicted octanol–water partition coefficient (Wildman–Crippen LogP) is 13.3. The molecule has 0 aliphatic heterocycles. The van der Waals surface area contributed by atoms with Crippen LogP contribution >= 0.6 is 11.3 Å². The van der Waals surface area contributed by atoms with Crippen LogP contribution in [0.5, 0.6) is 0 Å². The quantitative estimate of drug-likeness (QED) is 0.182. The Morgan fingerprint density at radius 1 is 0.382 bits per heavy atom. The van der Waals surface area contributed by atoms with Crippen LogP contribution < -0.4 is 0 Å². The third-order valence-electron chi connectivity index (χ3n) is 10.9. The second-order valence-electron chi connectivity index (χ2n) is 14.0. The fourth-order valence-electron chi connectivity index (χ4n) is 8.53. The molecule has 55 heavy (non-hydrogen) atoms. The second kappa shape index (κ2) is 12.0. The van der Waals surface area contributed by atoms with E-state index in [2.05, 4.69) is 155 Å². The van der Waals surface area contributed by atoms with Gasteiger partial charge in [-0.3, -0.25) is 0 Å². The molecule has 0 saturated carbocycles. The summed E-state index contributed by atoms with van der Waals surface area (Å²) >= 11 is 1.86. The van der Waals surface area contributed by atoms with Crippen molar-refractivity contribution >= 4 is 75.1 Å². The Hall–Kier alpha value is -7.44. The zero-order chi connectivity index (χ0) is 36.6. The molecule has 0 saturated heterocycles. The first-order valence-corrected chi connectivity index (χ1v) is 19.0. The van der Waals surface area contributed by atoms with E-state index in [4.69, 9.17) is 0 Å². The standard InChI is InChI=1S/C50H28N4S/c51-29-31-10-9-11-33(22-31)34-23-32(30-52)24-35(25-34)36-26-37(53-44-16-5-1-12-39(44)40-13-2-6-17-45(40)53)28-38(27-36)54-46-18-7-3-15-43(46)49-47(54)21-20-42-41-14-4-8-19-48(41)55-50(42)49/h1-28H. The maximum Gasteiger partial charge on any atom is 0.0992 e. The summed E-state index contributed by atoms with van der Waals surface area (Å²) in [5.41, 5.74) is 11.4. The van der Waals surface area contributed by atoms with Crippen LogP contribution in [0.3, 0.4) is 0 Å². The minimum atomic E-state index is 0.558. The number of rotatable bonds is 4. The van der Waals surface area contributed by atoms with E-state index in [9.17, 15) is 10.5 Å². The summed E-state index contributed by atoms with van der Waals surface area (Å²) in [4.78, 5) is 0. The van der Waals surface area contributed by atoms with Crippen LogP contribution in [0.15, 0.2) is 170 Å². The molecule has 11 aromatic rings. The lowest BCUT2D eigenvalue weighted by atomic mass is 9.95. The minimum absolute atomic E-state index is 0.558. The minimum Gasteiger partial charge on any atom is -0.309 e. The van der Waals surface area contributed by atoms with Crippen molar-refractivity contribution in [3.8, 4) is 45.8 Å². The molecule has 0 aliphatic carbocycles. The third kappa shape index (κ3) is 4.75. The van der Waals surface area contributed by atoms with Crippen molar-refractivity contribution in [1.82, 2.24) is 9.13 Å². The molecule has 0 aliphatic rings. The first-order chi connectivity index (χ1) is 27.2. The van der Waals surface area contributed by atoms with Gasteiger partial charge in [0, 0.05) is 53.1 Å². The van der Waals surface area contributed by atoms with Crippen LogP contribution in [0.1, 0.15) is 11.1 Å². The summed E-state index contributed by atoms with van der Waals surface area (Å²) in [5, 5.41) is 27.4. The molecule has 0 amide bonds. The van der Waals surface area contributed by atoms with Gasteiger partial charge < -0.3 is 9.13 Å². The first-order valence-electron chi connectivity index (χ1n) is 18.2. The van der Waals surface area contributed by atoms with E-state index < -0.39 is 0 Å². The molecule has 0 atom stereocenters. The summed E-state index contributed by atoms with van der Waals surface area (Å²) in [6, 6.07) is 64.2. The van der Waals surface area contributed by atoms with Gasteiger partial charge in [-0.2, -0.15) is 10.5 Å². The van der Waals surface area contributed by atoms with Gasteiger partial charge in [0.05, 0.1) is 45.3 Å². The van der Waals surface area contributed by atoms with E-state index in [-0.39, 0.29) is 0 Å². The molecule has 0 unspecified atom stereocenters. The molecule has 3 heterocycles. The summed E-state index contributed by atoms with van der Waals surface area (Å²) in [7, 11) is 0. The first kappa shape index (κ1) is 31.1. The SMILES string of the molecule is N#Cc1cccc(-c2cc(C#N)cc(-c3cc(-n4c5ccccc5c5ccccc54)cc(-n4c5ccccc5c5c6sc7ccccc7c6ccc54)c3)c2)c1. The number of thiophene rings is 1. The van der Waals surface area contributed by atoms with Crippen molar-refractivity contribution in [3.05, 3.63) is 181 Å². The fraction of sp³-hybridized carbons (Fsp3) is 0. The van der Waals surface area contributed by atoms with Crippen LogP contribution in [0, 0.1) is 22.7 Å². The highest BCUT2D eigenvalue weighted by Crippen LogP contribution is 2.44. The Labute approximate surface area is 320 Å². The van der Waals surface area contributed by atoms with Gasteiger partial charge >= 0.3 is 0 Å². The monoisotopic (exact) mass is 716 g/mol. The zero-order valence-corrected chi connectivity index (χ0v) is 30.2. The van der Waals surface area contributed by atoms with Crippen LogP contribution in [0.2, 0.25) is 0 Å². The molecule has 0 fully saturated rings. The normalized spacial score (nSPS) is 11.6. The second-order valence-corrected chi connectivity index (χ2v) is 15.1. The Morgan fingerprint density at radius 2 is 0.927 bits per heavy atom. The largest absolute Gasteiger partial charge is 0.309 e. The molecule has 5 heteroatoms. The van der Waals surface area contributed by atoms with Gasteiger partial charge in [-0.05, 0) is 101 Å². The number of nitrogens with zero attached hydrogens (tertiary/aromatic N) is 4. The van der Waals surface area contributed by atoms with Gasteiger partial charge in [-0.1, -0.05) is 91.0 Å². The third-order valence-corrected chi connectivity index (χ3v) is 12.1. The summed E-state index contributed by atoms with van der Waals surface area (Å²) in [6.07, 6.45) is 0. The molecular formula is C50H28N4S. The molecule has 3 aromatic heterocycles. The van der Waals surface area contributed by atoms with E-state index in [1.54, 1.807) is 6.07 Å². The van der Waals surface area contributed by atoms with E-state index >= 15 is 0 Å². The van der Waals surface area contributed by atoms with Crippen LogP contribution in [-0.4, -0.2) is 9.13 Å². The van der Waals surface area contributed by atoms with Crippen molar-refractivity contribution in [3.63, 3.8) is 0 Å². The molecule has 0 spiro atoms. The lowest BCUT2D eigenvalue weighted by Gasteiger charge is -2.16. The van der Waals surface area contributed by atoms with E-state index in [1.807, 2.05) is 41.7 Å². The van der Waals surface area contributed by atoms with E-state index in [1.165, 1.54) is 41.7 Å². The maximum atomic E-state index is 10.3. The van der Waals surface area contributed by atoms with E-state index in [0.717, 1.165) is 55.7 Å². The lowest BCUT2D eigenvalue weighted by Crippen LogP contribution is -2.00. The Balaban J connectivity index is 1.25. The topological polar surface area (TPSA) is 57.4 Å². The molecule has 0 bridgehead atoms. The molecule has 254 valence electrons. The summed E-state index contributed by atoms with van der Waals surface area (Å²) in [5.74, 6) is 0. The van der Waals surface area contributed by atoms with Gasteiger partial charge in [-0.25, -0.2) is 0 Å². The van der Waals surface area contributed by atoms with Crippen LogP contribution in [-0.2, 0) is 0 Å². The highest BCUT2D eigenvalue weighted by molar-refractivity contribution is 7.26. The predicted molar refractivity (Wildman–Crippen MR) is 228 cm³/mol. The maximum absolute atomic E-state index is 10.3. The zero-order valence-electron chi connectivity index (χ0n) is 29.4. The van der Waals surface area contributed by atoms with Crippen molar-refractivity contribution in [2.45, 2.75) is 0 Å². The summed E-state index contributed by atoms with van der Waals surface area (Å²) < 4.78 is 7.34. The molecule has 4 nitrogen and oxygen atoms in total. The number of hydrogen-bond acceptors (Lipinski definition) is 3. The average Bonchev–Trinajstić information content (AvgIpc) is 3.91. The highest BCUT2D eigenvalue weighted by atomic mass is 32.1.